The van der Waals surface area contributed by atoms with Gasteiger partial charge in [0.05, 0.1) is 0 Å². The minimum atomic E-state index is 0.996. The van der Waals surface area contributed by atoms with Gasteiger partial charge in [0.15, 0.2) is 0 Å². The van der Waals surface area contributed by atoms with Crippen LogP contribution in [0.15, 0.2) is 18.5 Å². The Morgan fingerprint density at radius 3 is 3.09 bits per heavy atom. The number of hydrogen-bond acceptors (Lipinski definition) is 1. The number of aromatic nitrogens is 2. The molecule has 0 atom stereocenters. The van der Waals surface area contributed by atoms with Gasteiger partial charge in [-0.05, 0) is 25.0 Å². The molecule has 0 saturated carbocycles. The standard InChI is InChI=1S/C9H9N2/c1-7-5-8(2)9-10-3-4-11(9)6-7/h4-6H,1-2H3. The molecule has 0 aliphatic heterocycles. The van der Waals surface area contributed by atoms with E-state index in [0.29, 0.717) is 0 Å². The predicted octanol–water partition coefficient (Wildman–Crippen LogP) is 1.75. The molecule has 0 N–H and O–H groups in total. The Morgan fingerprint density at radius 1 is 1.45 bits per heavy atom. The van der Waals surface area contributed by atoms with Gasteiger partial charge in [-0.3, -0.25) is 0 Å². The molecular formula is C9H9N2. The summed E-state index contributed by atoms with van der Waals surface area (Å²) in [7, 11) is 0. The molecule has 0 aliphatic rings. The summed E-state index contributed by atoms with van der Waals surface area (Å²) in [6, 6.07) is 2.12. The molecule has 0 aromatic carbocycles. The van der Waals surface area contributed by atoms with Crippen molar-refractivity contribution in [2.75, 3.05) is 0 Å². The van der Waals surface area contributed by atoms with E-state index in [9.17, 15) is 0 Å². The largest absolute Gasteiger partial charge is 0.306 e. The average molecular weight is 145 g/mol. The molecule has 0 aliphatic carbocycles. The summed E-state index contributed by atoms with van der Waals surface area (Å²) in [5.74, 6) is 0. The Morgan fingerprint density at radius 2 is 2.27 bits per heavy atom. The van der Waals surface area contributed by atoms with Crippen LogP contribution >= 0.6 is 0 Å². The van der Waals surface area contributed by atoms with E-state index in [1.54, 1.807) is 0 Å². The van der Waals surface area contributed by atoms with Gasteiger partial charge in [0.1, 0.15) is 11.8 Å². The third-order valence-corrected chi connectivity index (χ3v) is 1.75. The Balaban J connectivity index is 2.91. The van der Waals surface area contributed by atoms with Crippen LogP contribution in [0.1, 0.15) is 11.1 Å². The molecule has 0 fully saturated rings. The molecule has 1 radical (unpaired) electrons. The number of rotatable bonds is 0. The molecule has 2 nitrogen and oxygen atoms in total. The molecule has 2 rings (SSSR count). The van der Waals surface area contributed by atoms with E-state index < -0.39 is 0 Å². The van der Waals surface area contributed by atoms with Crippen LogP contribution in [0.5, 0.6) is 0 Å². The lowest BCUT2D eigenvalue weighted by Crippen LogP contribution is -1.88. The molecule has 2 heterocycles. The van der Waals surface area contributed by atoms with Crippen LogP contribution < -0.4 is 0 Å². The summed E-state index contributed by atoms with van der Waals surface area (Å²) in [5, 5.41) is 0. The lowest BCUT2D eigenvalue weighted by atomic mass is 10.2. The summed E-state index contributed by atoms with van der Waals surface area (Å²) < 4.78 is 1.99. The highest BCUT2D eigenvalue weighted by atomic mass is 15.0. The third-order valence-electron chi connectivity index (χ3n) is 1.75. The lowest BCUT2D eigenvalue weighted by Gasteiger charge is -1.98. The molecule has 2 aromatic heterocycles. The van der Waals surface area contributed by atoms with Crippen molar-refractivity contribution >= 4 is 5.65 Å². The Bertz CT molecular complexity index is 387. The van der Waals surface area contributed by atoms with E-state index >= 15 is 0 Å². The fraction of sp³-hybridized carbons (Fsp3) is 0.222. The molecule has 0 amide bonds. The molecule has 0 saturated heterocycles. The number of aryl methyl sites for hydroxylation is 2. The molecule has 0 unspecified atom stereocenters. The van der Waals surface area contributed by atoms with Crippen LogP contribution in [0, 0.1) is 20.0 Å². The van der Waals surface area contributed by atoms with Crippen molar-refractivity contribution < 1.29 is 0 Å². The van der Waals surface area contributed by atoms with E-state index in [4.69, 9.17) is 0 Å². The van der Waals surface area contributed by atoms with Gasteiger partial charge in [-0.15, -0.1) is 0 Å². The van der Waals surface area contributed by atoms with Crippen molar-refractivity contribution in [2.24, 2.45) is 0 Å². The second-order valence-corrected chi connectivity index (χ2v) is 2.80. The lowest BCUT2D eigenvalue weighted by molar-refractivity contribution is 1.13. The zero-order valence-electron chi connectivity index (χ0n) is 6.63. The molecular weight excluding hydrogens is 136 g/mol. The fourth-order valence-corrected chi connectivity index (χ4v) is 1.32. The molecule has 2 heteroatoms. The fourth-order valence-electron chi connectivity index (χ4n) is 1.32. The highest BCUT2D eigenvalue weighted by molar-refractivity contribution is 5.47. The summed E-state index contributed by atoms with van der Waals surface area (Å²) in [6.45, 7) is 4.13. The normalized spacial score (nSPS) is 10.7. The molecule has 0 bridgehead atoms. The summed E-state index contributed by atoms with van der Waals surface area (Å²) in [6.07, 6.45) is 6.71. The highest BCUT2D eigenvalue weighted by Crippen LogP contribution is 2.09. The van der Waals surface area contributed by atoms with Crippen LogP contribution in [0.25, 0.3) is 5.65 Å². The van der Waals surface area contributed by atoms with Gasteiger partial charge in [0.2, 0.25) is 0 Å². The number of imidazole rings is 1. The summed E-state index contributed by atoms with van der Waals surface area (Å²) in [4.78, 5) is 4.10. The van der Waals surface area contributed by atoms with Gasteiger partial charge in [-0.1, -0.05) is 6.07 Å². The summed E-state index contributed by atoms with van der Waals surface area (Å²) in [5.41, 5.74) is 3.45. The van der Waals surface area contributed by atoms with E-state index in [1.165, 1.54) is 11.1 Å². The van der Waals surface area contributed by atoms with E-state index in [-0.39, 0.29) is 0 Å². The maximum absolute atomic E-state index is 4.10. The second-order valence-electron chi connectivity index (χ2n) is 2.80. The monoisotopic (exact) mass is 145 g/mol. The number of nitrogens with zero attached hydrogens (tertiary/aromatic N) is 2. The molecule has 55 valence electrons. The number of hydrogen-bond donors (Lipinski definition) is 0. The van der Waals surface area contributed by atoms with Crippen LogP contribution in [-0.2, 0) is 0 Å². The summed E-state index contributed by atoms with van der Waals surface area (Å²) >= 11 is 0. The van der Waals surface area contributed by atoms with Crippen LogP contribution in [0.4, 0.5) is 0 Å². The van der Waals surface area contributed by atoms with Crippen molar-refractivity contribution in [3.8, 4) is 0 Å². The van der Waals surface area contributed by atoms with Gasteiger partial charge < -0.3 is 4.40 Å². The Hall–Kier alpha value is -1.31. The van der Waals surface area contributed by atoms with Gasteiger partial charge in [0, 0.05) is 12.4 Å². The SMILES string of the molecule is Cc1cc(C)c2n[c]cn2c1. The Labute approximate surface area is 65.5 Å². The van der Waals surface area contributed by atoms with Crippen molar-refractivity contribution in [2.45, 2.75) is 13.8 Å². The van der Waals surface area contributed by atoms with Crippen molar-refractivity contribution in [1.82, 2.24) is 9.38 Å². The first kappa shape index (κ1) is 6.40. The minimum Gasteiger partial charge on any atom is -0.306 e. The van der Waals surface area contributed by atoms with Crippen LogP contribution in [0.3, 0.4) is 0 Å². The first-order valence-electron chi connectivity index (χ1n) is 3.59. The average Bonchev–Trinajstić information content (AvgIpc) is 2.34. The first-order valence-corrected chi connectivity index (χ1v) is 3.59. The van der Waals surface area contributed by atoms with Gasteiger partial charge in [-0.25, -0.2) is 4.98 Å². The first-order chi connectivity index (χ1) is 5.27. The zero-order chi connectivity index (χ0) is 7.84. The molecule has 11 heavy (non-hydrogen) atoms. The number of fused-ring (bicyclic) bond motifs is 1. The van der Waals surface area contributed by atoms with E-state index in [1.807, 2.05) is 16.8 Å². The Kier molecular flexibility index (Phi) is 1.22. The van der Waals surface area contributed by atoms with Gasteiger partial charge >= 0.3 is 0 Å². The van der Waals surface area contributed by atoms with E-state index in [2.05, 4.69) is 31.1 Å². The molecule has 0 spiro atoms. The van der Waals surface area contributed by atoms with Crippen LogP contribution in [0.2, 0.25) is 0 Å². The second kappa shape index (κ2) is 2.09. The maximum atomic E-state index is 4.10. The quantitative estimate of drug-likeness (QED) is 0.552. The highest BCUT2D eigenvalue weighted by Gasteiger charge is 1.97. The van der Waals surface area contributed by atoms with Gasteiger partial charge in [-0.2, -0.15) is 0 Å². The number of pyridine rings is 1. The molecule has 2 aromatic rings. The minimum absolute atomic E-state index is 0.996. The maximum Gasteiger partial charge on any atom is 0.140 e. The van der Waals surface area contributed by atoms with Crippen LogP contribution in [-0.4, -0.2) is 9.38 Å². The smallest absolute Gasteiger partial charge is 0.140 e. The topological polar surface area (TPSA) is 17.3 Å². The van der Waals surface area contributed by atoms with E-state index in [0.717, 1.165) is 5.65 Å². The van der Waals surface area contributed by atoms with Crippen molar-refractivity contribution in [3.63, 3.8) is 0 Å². The van der Waals surface area contributed by atoms with Crippen molar-refractivity contribution in [3.05, 3.63) is 35.8 Å². The zero-order valence-corrected chi connectivity index (χ0v) is 6.63. The predicted molar refractivity (Wildman–Crippen MR) is 43.5 cm³/mol. The third kappa shape index (κ3) is 0.909. The van der Waals surface area contributed by atoms with Crippen molar-refractivity contribution in [1.29, 1.82) is 0 Å². The van der Waals surface area contributed by atoms with Gasteiger partial charge in [0.25, 0.3) is 0 Å².